The van der Waals surface area contributed by atoms with Gasteiger partial charge in [-0.05, 0) is 48.9 Å². The maximum Gasteiger partial charge on any atom is 0.251 e. The molecule has 1 aliphatic rings. The van der Waals surface area contributed by atoms with Crippen LogP contribution in [-0.4, -0.2) is 55.7 Å². The van der Waals surface area contributed by atoms with Crippen molar-refractivity contribution in [3.63, 3.8) is 0 Å². The number of nitrogens with zero attached hydrogens (tertiary/aromatic N) is 4. The zero-order valence-corrected chi connectivity index (χ0v) is 23.3. The first-order chi connectivity index (χ1) is 17.8. The number of thioether (sulfide) groups is 1. The number of carbonyl (C=O) groups is 1. The standard InChI is InChI=1S/C29H37N5O2S/c1-6-30-27(35)22-9-7-21(8-10-22)20-37-28-31-25(29(2,3)4)19-26(32-28)34-17-15-33(16-18-34)23-11-13-24(36-5)14-12-23/h7-14,19H,6,15-18,20H2,1-5H3,(H,30,35). The molecule has 0 aliphatic carbocycles. The van der Waals surface area contributed by atoms with Crippen LogP contribution in [0.5, 0.6) is 5.75 Å². The molecule has 37 heavy (non-hydrogen) atoms. The monoisotopic (exact) mass is 519 g/mol. The molecule has 1 saturated heterocycles. The van der Waals surface area contributed by atoms with Gasteiger partial charge in [-0.15, -0.1) is 0 Å². The Morgan fingerprint density at radius 3 is 2.22 bits per heavy atom. The summed E-state index contributed by atoms with van der Waals surface area (Å²) in [6.45, 7) is 12.8. The van der Waals surface area contributed by atoms with E-state index in [0.29, 0.717) is 12.1 Å². The van der Waals surface area contributed by atoms with Gasteiger partial charge in [-0.3, -0.25) is 4.79 Å². The average molecular weight is 520 g/mol. The first-order valence-electron chi connectivity index (χ1n) is 12.8. The van der Waals surface area contributed by atoms with Crippen LogP contribution in [0.15, 0.2) is 59.8 Å². The number of rotatable bonds is 8. The number of carbonyl (C=O) groups excluding carboxylic acids is 1. The van der Waals surface area contributed by atoms with E-state index in [1.165, 1.54) is 5.69 Å². The normalized spacial score (nSPS) is 14.0. The number of aromatic nitrogens is 2. The molecular formula is C29H37N5O2S. The molecule has 1 aromatic heterocycles. The second kappa shape index (κ2) is 11.9. The highest BCUT2D eigenvalue weighted by atomic mass is 32.2. The van der Waals surface area contributed by atoms with Gasteiger partial charge in [0, 0.05) is 61.2 Å². The molecule has 4 rings (SSSR count). The molecule has 2 aromatic carbocycles. The Labute approximate surface area is 224 Å². The Kier molecular flexibility index (Phi) is 8.59. The molecule has 1 aliphatic heterocycles. The average Bonchev–Trinajstić information content (AvgIpc) is 2.92. The summed E-state index contributed by atoms with van der Waals surface area (Å²) in [7, 11) is 1.69. The fourth-order valence-electron chi connectivity index (χ4n) is 4.17. The second-order valence-corrected chi connectivity index (χ2v) is 11.1. The summed E-state index contributed by atoms with van der Waals surface area (Å²) in [4.78, 5) is 26.7. The topological polar surface area (TPSA) is 70.6 Å². The van der Waals surface area contributed by atoms with E-state index < -0.39 is 0 Å². The molecular weight excluding hydrogens is 482 g/mol. The fraction of sp³-hybridized carbons (Fsp3) is 0.414. The van der Waals surface area contributed by atoms with Gasteiger partial charge in [-0.1, -0.05) is 44.7 Å². The lowest BCUT2D eigenvalue weighted by atomic mass is 9.92. The van der Waals surface area contributed by atoms with E-state index in [9.17, 15) is 4.79 Å². The molecule has 1 N–H and O–H groups in total. The third-order valence-corrected chi connectivity index (χ3v) is 7.34. The summed E-state index contributed by atoms with van der Waals surface area (Å²) in [6.07, 6.45) is 0. The van der Waals surface area contributed by atoms with Gasteiger partial charge < -0.3 is 19.9 Å². The summed E-state index contributed by atoms with van der Waals surface area (Å²) < 4.78 is 5.29. The lowest BCUT2D eigenvalue weighted by molar-refractivity contribution is 0.0956. The third-order valence-electron chi connectivity index (χ3n) is 6.42. The largest absolute Gasteiger partial charge is 0.497 e. The van der Waals surface area contributed by atoms with Gasteiger partial charge in [0.05, 0.1) is 12.8 Å². The van der Waals surface area contributed by atoms with Crippen LogP contribution in [0.25, 0.3) is 0 Å². The lowest BCUT2D eigenvalue weighted by Crippen LogP contribution is -2.47. The van der Waals surface area contributed by atoms with Crippen LogP contribution in [0.1, 0.15) is 49.3 Å². The molecule has 8 heteroatoms. The van der Waals surface area contributed by atoms with Crippen LogP contribution < -0.4 is 19.9 Å². The highest BCUT2D eigenvalue weighted by Crippen LogP contribution is 2.29. The maximum atomic E-state index is 12.0. The maximum absolute atomic E-state index is 12.0. The number of benzene rings is 2. The van der Waals surface area contributed by atoms with Crippen LogP contribution in [0.3, 0.4) is 0 Å². The quantitative estimate of drug-likeness (QED) is 0.326. The van der Waals surface area contributed by atoms with Crippen molar-refractivity contribution in [1.82, 2.24) is 15.3 Å². The predicted molar refractivity (Wildman–Crippen MR) is 152 cm³/mol. The molecule has 0 spiro atoms. The van der Waals surface area contributed by atoms with E-state index in [-0.39, 0.29) is 11.3 Å². The van der Waals surface area contributed by atoms with Crippen LogP contribution >= 0.6 is 11.8 Å². The minimum Gasteiger partial charge on any atom is -0.497 e. The first-order valence-corrected chi connectivity index (χ1v) is 13.8. The Morgan fingerprint density at radius 1 is 0.973 bits per heavy atom. The van der Waals surface area contributed by atoms with Crippen molar-refractivity contribution in [2.75, 3.05) is 49.6 Å². The number of amides is 1. The Balaban J connectivity index is 1.45. The molecule has 2 heterocycles. The Hall–Kier alpha value is -3.26. The molecule has 1 amide bonds. The van der Waals surface area contributed by atoms with Crippen molar-refractivity contribution in [2.45, 2.75) is 44.0 Å². The lowest BCUT2D eigenvalue weighted by Gasteiger charge is -2.37. The van der Waals surface area contributed by atoms with Crippen LogP contribution in [0.2, 0.25) is 0 Å². The van der Waals surface area contributed by atoms with Crippen molar-refractivity contribution in [3.8, 4) is 5.75 Å². The summed E-state index contributed by atoms with van der Waals surface area (Å²) >= 11 is 1.64. The van der Waals surface area contributed by atoms with E-state index in [2.05, 4.69) is 54.1 Å². The van der Waals surface area contributed by atoms with E-state index in [4.69, 9.17) is 14.7 Å². The minimum absolute atomic E-state index is 0.0420. The number of anilines is 2. The number of ether oxygens (including phenoxy) is 1. The molecule has 0 radical (unpaired) electrons. The zero-order valence-electron chi connectivity index (χ0n) is 22.5. The molecule has 0 bridgehead atoms. The molecule has 0 saturated carbocycles. The molecule has 7 nitrogen and oxygen atoms in total. The van der Waals surface area contributed by atoms with Gasteiger partial charge in [0.2, 0.25) is 0 Å². The number of piperazine rings is 1. The fourth-order valence-corrected chi connectivity index (χ4v) is 4.98. The summed E-state index contributed by atoms with van der Waals surface area (Å²) in [5.74, 6) is 2.57. The summed E-state index contributed by atoms with van der Waals surface area (Å²) in [6, 6.07) is 18.2. The molecule has 196 valence electrons. The van der Waals surface area contributed by atoms with Gasteiger partial charge in [0.15, 0.2) is 5.16 Å². The molecule has 0 atom stereocenters. The molecule has 1 fully saturated rings. The van der Waals surface area contributed by atoms with Gasteiger partial charge in [0.25, 0.3) is 5.91 Å². The van der Waals surface area contributed by atoms with Gasteiger partial charge in [-0.2, -0.15) is 0 Å². The van der Waals surface area contributed by atoms with E-state index in [0.717, 1.165) is 59.9 Å². The number of hydrogen-bond donors (Lipinski definition) is 1. The van der Waals surface area contributed by atoms with Crippen molar-refractivity contribution < 1.29 is 9.53 Å². The Morgan fingerprint density at radius 2 is 1.62 bits per heavy atom. The SMILES string of the molecule is CCNC(=O)c1ccc(CSc2nc(N3CCN(c4ccc(OC)cc4)CC3)cc(C(C)(C)C)n2)cc1. The minimum atomic E-state index is -0.0772. The van der Waals surface area contributed by atoms with Crippen LogP contribution in [0.4, 0.5) is 11.5 Å². The second-order valence-electron chi connectivity index (χ2n) is 10.2. The number of nitrogens with one attached hydrogen (secondary N) is 1. The predicted octanol–water partition coefficient (Wildman–Crippen LogP) is 5.15. The van der Waals surface area contributed by atoms with Crippen molar-refractivity contribution in [1.29, 1.82) is 0 Å². The summed E-state index contributed by atoms with van der Waals surface area (Å²) in [5.41, 5.74) is 4.00. The zero-order chi connectivity index (χ0) is 26.4. The van der Waals surface area contributed by atoms with Crippen molar-refractivity contribution >= 4 is 29.2 Å². The molecule has 0 unspecified atom stereocenters. The molecule has 3 aromatic rings. The van der Waals surface area contributed by atoms with Crippen molar-refractivity contribution in [2.24, 2.45) is 0 Å². The number of methoxy groups -OCH3 is 1. The van der Waals surface area contributed by atoms with Crippen LogP contribution in [0, 0.1) is 0 Å². The van der Waals surface area contributed by atoms with Gasteiger partial charge >= 0.3 is 0 Å². The van der Waals surface area contributed by atoms with Gasteiger partial charge in [-0.25, -0.2) is 9.97 Å². The van der Waals surface area contributed by atoms with Crippen molar-refractivity contribution in [3.05, 3.63) is 71.4 Å². The Bertz CT molecular complexity index is 1180. The van der Waals surface area contributed by atoms with E-state index in [1.54, 1.807) is 18.9 Å². The third kappa shape index (κ3) is 6.95. The smallest absolute Gasteiger partial charge is 0.251 e. The van der Waals surface area contributed by atoms with E-state index in [1.807, 2.05) is 43.3 Å². The van der Waals surface area contributed by atoms with Crippen LogP contribution in [-0.2, 0) is 11.2 Å². The van der Waals surface area contributed by atoms with Gasteiger partial charge in [0.1, 0.15) is 11.6 Å². The summed E-state index contributed by atoms with van der Waals surface area (Å²) in [5, 5.41) is 3.62. The van der Waals surface area contributed by atoms with E-state index >= 15 is 0 Å². The highest BCUT2D eigenvalue weighted by Gasteiger charge is 2.23. The first kappa shape index (κ1) is 26.8. The number of hydrogen-bond acceptors (Lipinski definition) is 7. The highest BCUT2D eigenvalue weighted by molar-refractivity contribution is 7.98.